The van der Waals surface area contributed by atoms with Gasteiger partial charge in [-0.3, -0.25) is 4.79 Å². The number of anilines is 1. The summed E-state index contributed by atoms with van der Waals surface area (Å²) in [5.41, 5.74) is 1.66. The average Bonchev–Trinajstić information content (AvgIpc) is 2.88. The molecule has 0 atom stereocenters. The normalized spacial score (nSPS) is 9.78. The Kier molecular flexibility index (Phi) is 3.75. The molecule has 1 heterocycles. The summed E-state index contributed by atoms with van der Waals surface area (Å²) in [6, 6.07) is 10.9. The van der Waals surface area contributed by atoms with E-state index in [9.17, 15) is 4.79 Å². The van der Waals surface area contributed by atoms with Crippen molar-refractivity contribution in [2.24, 2.45) is 0 Å². The molecule has 0 saturated carbocycles. The second kappa shape index (κ2) is 5.48. The Balaban J connectivity index is 2.19. The molecule has 2 rings (SSSR count). The van der Waals surface area contributed by atoms with Gasteiger partial charge in [-0.2, -0.15) is 5.26 Å². The zero-order valence-electron chi connectivity index (χ0n) is 9.93. The topological polar surface area (TPSA) is 52.9 Å². The van der Waals surface area contributed by atoms with E-state index in [1.807, 2.05) is 11.4 Å². The number of hydrogen-bond donors (Lipinski definition) is 1. The third kappa shape index (κ3) is 2.58. The Bertz CT molecular complexity index is 610. The Morgan fingerprint density at radius 3 is 2.89 bits per heavy atom. The summed E-state index contributed by atoms with van der Waals surface area (Å²) in [5, 5.41) is 13.5. The standard InChI is InChI=1S/C14H12N2OS/c1-2-12-7-11(9-18-12)14(17)16-13-6-4-3-5-10(13)8-15/h3-7,9H,2H2,1H3,(H,16,17). The first-order chi connectivity index (χ1) is 8.74. The van der Waals surface area contributed by atoms with Gasteiger partial charge < -0.3 is 5.32 Å². The third-order valence-electron chi connectivity index (χ3n) is 2.56. The van der Waals surface area contributed by atoms with Crippen molar-refractivity contribution in [2.75, 3.05) is 5.32 Å². The maximum Gasteiger partial charge on any atom is 0.256 e. The molecule has 90 valence electrons. The highest BCUT2D eigenvalue weighted by molar-refractivity contribution is 7.10. The first-order valence-electron chi connectivity index (χ1n) is 5.62. The zero-order chi connectivity index (χ0) is 13.0. The summed E-state index contributed by atoms with van der Waals surface area (Å²) in [4.78, 5) is 13.2. The number of nitrogens with zero attached hydrogens (tertiary/aromatic N) is 1. The van der Waals surface area contributed by atoms with Gasteiger partial charge in [-0.1, -0.05) is 19.1 Å². The van der Waals surface area contributed by atoms with Gasteiger partial charge in [0.25, 0.3) is 5.91 Å². The Morgan fingerprint density at radius 2 is 2.22 bits per heavy atom. The molecule has 0 aliphatic rings. The number of para-hydroxylation sites is 1. The van der Waals surface area contributed by atoms with Gasteiger partial charge in [-0.25, -0.2) is 0 Å². The van der Waals surface area contributed by atoms with Crippen LogP contribution in [0.15, 0.2) is 35.7 Å². The predicted molar refractivity (Wildman–Crippen MR) is 72.8 cm³/mol. The molecule has 0 bridgehead atoms. The van der Waals surface area contributed by atoms with E-state index < -0.39 is 0 Å². The first-order valence-corrected chi connectivity index (χ1v) is 6.50. The number of carbonyl (C=O) groups is 1. The van der Waals surface area contributed by atoms with Crippen LogP contribution >= 0.6 is 11.3 Å². The van der Waals surface area contributed by atoms with Gasteiger partial charge in [0.05, 0.1) is 16.8 Å². The number of amides is 1. The molecule has 0 aliphatic carbocycles. The number of benzene rings is 1. The molecular weight excluding hydrogens is 244 g/mol. The van der Waals surface area contributed by atoms with Crippen molar-refractivity contribution < 1.29 is 4.79 Å². The number of hydrogen-bond acceptors (Lipinski definition) is 3. The fraction of sp³-hybridized carbons (Fsp3) is 0.143. The lowest BCUT2D eigenvalue weighted by Crippen LogP contribution is -2.11. The highest BCUT2D eigenvalue weighted by Crippen LogP contribution is 2.18. The lowest BCUT2D eigenvalue weighted by Gasteiger charge is -2.05. The van der Waals surface area contributed by atoms with Crippen molar-refractivity contribution in [3.8, 4) is 6.07 Å². The van der Waals surface area contributed by atoms with Crippen LogP contribution < -0.4 is 5.32 Å². The molecule has 1 aromatic heterocycles. The number of carbonyl (C=O) groups excluding carboxylic acids is 1. The van der Waals surface area contributed by atoms with Crippen LogP contribution in [0, 0.1) is 11.3 Å². The second-order valence-corrected chi connectivity index (χ2v) is 4.76. The lowest BCUT2D eigenvalue weighted by atomic mass is 10.2. The number of rotatable bonds is 3. The molecule has 2 aromatic rings. The average molecular weight is 256 g/mol. The highest BCUT2D eigenvalue weighted by atomic mass is 32.1. The van der Waals surface area contributed by atoms with E-state index in [0.29, 0.717) is 16.8 Å². The Hall–Kier alpha value is -2.12. The fourth-order valence-corrected chi connectivity index (χ4v) is 2.38. The van der Waals surface area contributed by atoms with E-state index in [1.165, 1.54) is 4.88 Å². The van der Waals surface area contributed by atoms with Crippen molar-refractivity contribution in [2.45, 2.75) is 13.3 Å². The predicted octanol–water partition coefficient (Wildman–Crippen LogP) is 3.43. The van der Waals surface area contributed by atoms with E-state index in [1.54, 1.807) is 35.6 Å². The molecular formula is C14H12N2OS. The van der Waals surface area contributed by atoms with Crippen molar-refractivity contribution in [1.82, 2.24) is 0 Å². The summed E-state index contributed by atoms with van der Waals surface area (Å²) in [6.07, 6.45) is 0.923. The first kappa shape index (κ1) is 12.3. The van der Waals surface area contributed by atoms with Crippen LogP contribution in [-0.2, 0) is 6.42 Å². The quantitative estimate of drug-likeness (QED) is 0.914. The van der Waals surface area contributed by atoms with E-state index in [4.69, 9.17) is 5.26 Å². The minimum atomic E-state index is -0.173. The number of thiophene rings is 1. The smallest absolute Gasteiger partial charge is 0.256 e. The van der Waals surface area contributed by atoms with Gasteiger partial charge in [-0.15, -0.1) is 11.3 Å². The maximum atomic E-state index is 12.0. The number of nitriles is 1. The van der Waals surface area contributed by atoms with Gasteiger partial charge in [-0.05, 0) is 24.6 Å². The second-order valence-electron chi connectivity index (χ2n) is 3.77. The van der Waals surface area contributed by atoms with Crippen molar-refractivity contribution in [3.05, 3.63) is 51.7 Å². The summed E-state index contributed by atoms with van der Waals surface area (Å²) in [5.74, 6) is -0.173. The van der Waals surface area contributed by atoms with Crippen LogP contribution in [0.4, 0.5) is 5.69 Å². The van der Waals surface area contributed by atoms with E-state index in [-0.39, 0.29) is 5.91 Å². The summed E-state index contributed by atoms with van der Waals surface area (Å²) in [7, 11) is 0. The SMILES string of the molecule is CCc1cc(C(=O)Nc2ccccc2C#N)cs1. The molecule has 4 heteroatoms. The molecule has 1 N–H and O–H groups in total. The number of nitrogens with one attached hydrogen (secondary N) is 1. The highest BCUT2D eigenvalue weighted by Gasteiger charge is 2.10. The van der Waals surface area contributed by atoms with E-state index >= 15 is 0 Å². The maximum absolute atomic E-state index is 12.0. The molecule has 0 fully saturated rings. The molecule has 0 aliphatic heterocycles. The molecule has 1 aromatic carbocycles. The van der Waals surface area contributed by atoms with Crippen LogP contribution in [0.5, 0.6) is 0 Å². The van der Waals surface area contributed by atoms with Crippen LogP contribution in [-0.4, -0.2) is 5.91 Å². The van der Waals surface area contributed by atoms with E-state index in [0.717, 1.165) is 6.42 Å². The van der Waals surface area contributed by atoms with Gasteiger partial charge in [0.2, 0.25) is 0 Å². The van der Waals surface area contributed by atoms with Gasteiger partial charge in [0, 0.05) is 10.3 Å². The fourth-order valence-electron chi connectivity index (χ4n) is 1.57. The minimum absolute atomic E-state index is 0.173. The molecule has 3 nitrogen and oxygen atoms in total. The summed E-state index contributed by atoms with van der Waals surface area (Å²) < 4.78 is 0. The van der Waals surface area contributed by atoms with Gasteiger partial charge in [0.1, 0.15) is 6.07 Å². The van der Waals surface area contributed by atoms with Crippen LogP contribution in [0.25, 0.3) is 0 Å². The molecule has 0 spiro atoms. The number of aryl methyl sites for hydroxylation is 1. The van der Waals surface area contributed by atoms with Gasteiger partial charge in [0.15, 0.2) is 0 Å². The Morgan fingerprint density at radius 1 is 1.44 bits per heavy atom. The Labute approximate surface area is 110 Å². The molecule has 0 unspecified atom stereocenters. The monoisotopic (exact) mass is 256 g/mol. The van der Waals surface area contributed by atoms with Crippen LogP contribution in [0.2, 0.25) is 0 Å². The third-order valence-corrected chi connectivity index (χ3v) is 3.64. The van der Waals surface area contributed by atoms with Gasteiger partial charge >= 0.3 is 0 Å². The molecule has 0 radical (unpaired) electrons. The zero-order valence-corrected chi connectivity index (χ0v) is 10.8. The lowest BCUT2D eigenvalue weighted by molar-refractivity contribution is 0.102. The molecule has 1 amide bonds. The molecule has 18 heavy (non-hydrogen) atoms. The van der Waals surface area contributed by atoms with Crippen LogP contribution in [0.1, 0.15) is 27.7 Å². The summed E-state index contributed by atoms with van der Waals surface area (Å²) >= 11 is 1.57. The van der Waals surface area contributed by atoms with Crippen molar-refractivity contribution in [3.63, 3.8) is 0 Å². The van der Waals surface area contributed by atoms with Crippen LogP contribution in [0.3, 0.4) is 0 Å². The summed E-state index contributed by atoms with van der Waals surface area (Å²) in [6.45, 7) is 2.05. The minimum Gasteiger partial charge on any atom is -0.321 e. The van der Waals surface area contributed by atoms with Crippen molar-refractivity contribution in [1.29, 1.82) is 5.26 Å². The van der Waals surface area contributed by atoms with Crippen molar-refractivity contribution >= 4 is 22.9 Å². The van der Waals surface area contributed by atoms with E-state index in [2.05, 4.69) is 18.3 Å². The molecule has 0 saturated heterocycles. The largest absolute Gasteiger partial charge is 0.321 e.